The Morgan fingerprint density at radius 1 is 0.654 bits per heavy atom. The summed E-state index contributed by atoms with van der Waals surface area (Å²) >= 11 is 6.48. The molecule has 0 N–H and O–H groups in total. The summed E-state index contributed by atoms with van der Waals surface area (Å²) in [6.45, 7) is 0. The van der Waals surface area contributed by atoms with Crippen LogP contribution in [0.25, 0.3) is 10.8 Å². The summed E-state index contributed by atoms with van der Waals surface area (Å²) < 4.78 is 5.34. The number of ether oxygens (including phenoxy) is 1. The average molecular weight is 374 g/mol. The van der Waals surface area contributed by atoms with Crippen molar-refractivity contribution in [2.45, 2.75) is 0 Å². The van der Waals surface area contributed by atoms with Gasteiger partial charge in [0.2, 0.25) is 0 Å². The van der Waals surface area contributed by atoms with E-state index in [1.165, 1.54) is 26.7 Å². The second-order valence-electron chi connectivity index (χ2n) is 6.14. The van der Waals surface area contributed by atoms with Crippen molar-refractivity contribution in [3.63, 3.8) is 0 Å². The lowest BCUT2D eigenvalue weighted by atomic mass is 10.1. The van der Waals surface area contributed by atoms with Gasteiger partial charge in [-0.1, -0.05) is 84.6 Å². The minimum Gasteiger partial charge on any atom is -0.497 e. The first-order valence-corrected chi connectivity index (χ1v) is 11.3. The van der Waals surface area contributed by atoms with Crippen LogP contribution in [0.5, 0.6) is 5.75 Å². The topological polar surface area (TPSA) is 9.23 Å². The van der Waals surface area contributed by atoms with Crippen molar-refractivity contribution in [2.75, 3.05) is 7.11 Å². The molecule has 3 heteroatoms. The van der Waals surface area contributed by atoms with E-state index in [1.54, 1.807) is 7.11 Å². The molecule has 0 spiro atoms. The first-order valence-electron chi connectivity index (χ1n) is 8.52. The number of hydrogen-bond donors (Lipinski definition) is 0. The van der Waals surface area contributed by atoms with E-state index in [1.807, 2.05) is 18.2 Å². The maximum atomic E-state index is 6.48. The molecule has 1 nitrogen and oxygen atoms in total. The van der Waals surface area contributed by atoms with Crippen LogP contribution in [0.4, 0.5) is 0 Å². The average Bonchev–Trinajstić information content (AvgIpc) is 2.73. The molecule has 26 heavy (non-hydrogen) atoms. The minimum atomic E-state index is -2.17. The lowest BCUT2D eigenvalue weighted by molar-refractivity contribution is 0.415. The number of methoxy groups -OCH3 is 1. The van der Waals surface area contributed by atoms with Gasteiger partial charge in [0.05, 0.1) is 7.11 Å². The fourth-order valence-corrected chi connectivity index (χ4v) is 7.40. The summed E-state index contributed by atoms with van der Waals surface area (Å²) in [6.07, 6.45) is 0. The van der Waals surface area contributed by atoms with E-state index >= 15 is 0 Å². The quantitative estimate of drug-likeness (QED) is 0.483. The molecule has 1 atom stereocenters. The molecule has 0 heterocycles. The van der Waals surface area contributed by atoms with Gasteiger partial charge in [-0.25, -0.2) is 0 Å². The molecular weight excluding hydrogens is 355 g/mol. The van der Waals surface area contributed by atoms with E-state index in [0.717, 1.165) is 5.75 Å². The molecule has 0 radical (unpaired) electrons. The second kappa shape index (κ2) is 7.07. The molecular formula is C23H19OPS. The van der Waals surface area contributed by atoms with E-state index in [9.17, 15) is 0 Å². The van der Waals surface area contributed by atoms with Crippen molar-refractivity contribution in [1.29, 1.82) is 0 Å². The van der Waals surface area contributed by atoms with Crippen molar-refractivity contribution in [3.05, 3.63) is 97.1 Å². The van der Waals surface area contributed by atoms with Gasteiger partial charge in [0.1, 0.15) is 5.75 Å². The zero-order chi connectivity index (χ0) is 18.0. The Balaban J connectivity index is 2.04. The summed E-state index contributed by atoms with van der Waals surface area (Å²) in [5.74, 6) is 0.848. The lowest BCUT2D eigenvalue weighted by Crippen LogP contribution is -2.25. The van der Waals surface area contributed by atoms with Gasteiger partial charge in [-0.3, -0.25) is 0 Å². The normalized spacial score (nSPS) is 13.3. The van der Waals surface area contributed by atoms with Crippen molar-refractivity contribution >= 4 is 44.5 Å². The first-order chi connectivity index (χ1) is 12.7. The third-order valence-electron chi connectivity index (χ3n) is 4.66. The van der Waals surface area contributed by atoms with Crippen molar-refractivity contribution in [2.24, 2.45) is 0 Å². The highest BCUT2D eigenvalue weighted by atomic mass is 32.4. The Labute approximate surface area is 159 Å². The summed E-state index contributed by atoms with van der Waals surface area (Å²) in [4.78, 5) is 0. The van der Waals surface area contributed by atoms with Crippen LogP contribution < -0.4 is 20.7 Å². The van der Waals surface area contributed by atoms with Gasteiger partial charge in [-0.2, -0.15) is 0 Å². The summed E-state index contributed by atoms with van der Waals surface area (Å²) in [7, 11) is 1.69. The first kappa shape index (κ1) is 17.0. The predicted octanol–water partition coefficient (Wildman–Crippen LogP) is 4.60. The van der Waals surface area contributed by atoms with Crippen LogP contribution in [-0.4, -0.2) is 7.11 Å². The zero-order valence-electron chi connectivity index (χ0n) is 14.5. The Hall–Kier alpha value is -2.41. The lowest BCUT2D eigenvalue weighted by Gasteiger charge is -2.25. The van der Waals surface area contributed by atoms with Crippen LogP contribution >= 0.6 is 6.04 Å². The third kappa shape index (κ3) is 2.86. The Morgan fingerprint density at radius 3 is 2.00 bits per heavy atom. The summed E-state index contributed by atoms with van der Waals surface area (Å²) in [5.41, 5.74) is 0. The van der Waals surface area contributed by atoms with Gasteiger partial charge < -0.3 is 4.74 Å². The second-order valence-corrected chi connectivity index (χ2v) is 10.5. The van der Waals surface area contributed by atoms with E-state index < -0.39 is 6.04 Å². The van der Waals surface area contributed by atoms with Crippen molar-refractivity contribution in [1.82, 2.24) is 0 Å². The molecule has 0 aliphatic rings. The Morgan fingerprint density at radius 2 is 1.27 bits per heavy atom. The predicted molar refractivity (Wildman–Crippen MR) is 117 cm³/mol. The SMILES string of the molecule is COc1ccc(P(=S)(c2ccccc2)c2cccc3ccccc23)cc1. The van der Waals surface area contributed by atoms with Gasteiger partial charge in [-0.05, 0) is 45.6 Å². The van der Waals surface area contributed by atoms with Gasteiger partial charge in [0, 0.05) is 11.3 Å². The number of benzene rings is 4. The molecule has 0 aliphatic carbocycles. The number of fused-ring (bicyclic) bond motifs is 1. The zero-order valence-corrected chi connectivity index (χ0v) is 16.2. The maximum absolute atomic E-state index is 6.48. The van der Waals surface area contributed by atoms with Crippen LogP contribution in [0.1, 0.15) is 0 Å². The smallest absolute Gasteiger partial charge is 0.118 e. The molecule has 0 saturated heterocycles. The molecule has 0 bridgehead atoms. The highest BCUT2D eigenvalue weighted by Crippen LogP contribution is 2.44. The fourth-order valence-electron chi connectivity index (χ4n) is 3.34. The molecule has 0 fully saturated rings. The Kier molecular flexibility index (Phi) is 4.63. The van der Waals surface area contributed by atoms with Crippen molar-refractivity contribution in [3.8, 4) is 5.75 Å². The van der Waals surface area contributed by atoms with Crippen LogP contribution in [0.2, 0.25) is 0 Å². The van der Waals surface area contributed by atoms with Crippen LogP contribution in [0, 0.1) is 0 Å². The Bertz CT molecular complexity index is 1080. The fraction of sp³-hybridized carbons (Fsp3) is 0.0435. The van der Waals surface area contributed by atoms with E-state index in [0.29, 0.717) is 0 Å². The third-order valence-corrected chi connectivity index (χ3v) is 9.64. The summed E-state index contributed by atoms with van der Waals surface area (Å²) in [6, 6.07) is 31.5. The van der Waals surface area contributed by atoms with Gasteiger partial charge >= 0.3 is 0 Å². The monoisotopic (exact) mass is 374 g/mol. The van der Waals surface area contributed by atoms with Gasteiger partial charge in [0.25, 0.3) is 0 Å². The van der Waals surface area contributed by atoms with Crippen LogP contribution in [0.15, 0.2) is 97.1 Å². The van der Waals surface area contributed by atoms with E-state index in [2.05, 4.69) is 78.9 Å². The maximum Gasteiger partial charge on any atom is 0.118 e. The number of hydrogen-bond acceptors (Lipinski definition) is 2. The molecule has 0 amide bonds. The van der Waals surface area contributed by atoms with Gasteiger partial charge in [-0.15, -0.1) is 0 Å². The molecule has 4 rings (SSSR count). The van der Waals surface area contributed by atoms with Crippen LogP contribution in [-0.2, 0) is 11.8 Å². The minimum absolute atomic E-state index is 0.848. The highest BCUT2D eigenvalue weighted by Gasteiger charge is 2.26. The summed E-state index contributed by atoms with van der Waals surface area (Å²) in [5, 5.41) is 6.08. The molecule has 4 aromatic rings. The number of rotatable bonds is 4. The highest BCUT2D eigenvalue weighted by molar-refractivity contribution is 8.25. The largest absolute Gasteiger partial charge is 0.497 e. The van der Waals surface area contributed by atoms with Crippen molar-refractivity contribution < 1.29 is 4.74 Å². The van der Waals surface area contributed by atoms with Gasteiger partial charge in [0.15, 0.2) is 0 Å². The molecule has 0 aromatic heterocycles. The molecule has 0 saturated carbocycles. The molecule has 0 aliphatic heterocycles. The van der Waals surface area contributed by atoms with E-state index in [4.69, 9.17) is 16.5 Å². The molecule has 4 aromatic carbocycles. The molecule has 128 valence electrons. The van der Waals surface area contributed by atoms with E-state index in [-0.39, 0.29) is 0 Å². The van der Waals surface area contributed by atoms with Crippen LogP contribution in [0.3, 0.4) is 0 Å². The standard InChI is InChI=1S/C23H19OPS/c1-24-19-14-16-21(17-15-19)25(26,20-10-3-2-4-11-20)23-13-7-9-18-8-5-6-12-22(18)23/h2-17H,1H3. The molecule has 1 unspecified atom stereocenters.